The molecule has 0 aliphatic carbocycles. The maximum atomic E-state index is 10.7. The number of carbonyl (C=O) groups is 1. The first-order valence-electron chi connectivity index (χ1n) is 4.93. The molecule has 0 saturated carbocycles. The van der Waals surface area contributed by atoms with Crippen molar-refractivity contribution in [2.24, 2.45) is 0 Å². The molecule has 5 heteroatoms. The molecule has 82 valence electrons. The summed E-state index contributed by atoms with van der Waals surface area (Å²) in [7, 11) is 4.05. The highest BCUT2D eigenvalue weighted by Crippen LogP contribution is 1.99. The first-order valence-corrected chi connectivity index (χ1v) is 4.93. The quantitative estimate of drug-likeness (QED) is 0.605. The maximum Gasteiger partial charge on any atom is 0.322 e. The monoisotopic (exact) mass is 201 g/mol. The Bertz CT molecular complexity index is 196. The van der Waals surface area contributed by atoms with Crippen molar-refractivity contribution in [1.29, 1.82) is 0 Å². The first kappa shape index (κ1) is 11.4. The minimum atomic E-state index is -0.750. The Hall–Kier alpha value is -0.650. The van der Waals surface area contributed by atoms with Gasteiger partial charge in [0, 0.05) is 32.7 Å². The Kier molecular flexibility index (Phi) is 4.31. The summed E-state index contributed by atoms with van der Waals surface area (Å²) in [6.45, 7) is 4.25. The standard InChI is InChI=1S/C9H19N3O2/c1-11(2)5-6-12-4-3-10-8(7-12)9(13)14/h8,10H,3-7H2,1-2H3,(H,13,14). The SMILES string of the molecule is CN(C)CCN1CCNC(C(=O)O)C1. The molecule has 0 aromatic heterocycles. The fourth-order valence-corrected chi connectivity index (χ4v) is 1.52. The van der Waals surface area contributed by atoms with Crippen molar-refractivity contribution in [2.75, 3.05) is 46.8 Å². The van der Waals surface area contributed by atoms with Crippen LogP contribution in [-0.4, -0.2) is 73.7 Å². The molecule has 1 rings (SSSR count). The fraction of sp³-hybridized carbons (Fsp3) is 0.889. The first-order chi connectivity index (χ1) is 6.59. The molecule has 0 aromatic rings. The molecule has 2 N–H and O–H groups in total. The zero-order valence-corrected chi connectivity index (χ0v) is 8.86. The van der Waals surface area contributed by atoms with E-state index < -0.39 is 12.0 Å². The van der Waals surface area contributed by atoms with Crippen LogP contribution in [0.15, 0.2) is 0 Å². The minimum absolute atomic E-state index is 0.397. The highest BCUT2D eigenvalue weighted by atomic mass is 16.4. The molecule has 1 aliphatic heterocycles. The van der Waals surface area contributed by atoms with Crippen molar-refractivity contribution in [1.82, 2.24) is 15.1 Å². The van der Waals surface area contributed by atoms with Crippen LogP contribution < -0.4 is 5.32 Å². The minimum Gasteiger partial charge on any atom is -0.480 e. The van der Waals surface area contributed by atoms with E-state index in [0.29, 0.717) is 6.54 Å². The largest absolute Gasteiger partial charge is 0.480 e. The predicted molar refractivity (Wildman–Crippen MR) is 54.4 cm³/mol. The Balaban J connectivity index is 2.29. The molecule has 1 saturated heterocycles. The highest BCUT2D eigenvalue weighted by Gasteiger charge is 2.24. The molecule has 1 heterocycles. The summed E-state index contributed by atoms with van der Waals surface area (Å²) in [5.41, 5.74) is 0. The molecule has 5 nitrogen and oxygen atoms in total. The van der Waals surface area contributed by atoms with E-state index in [0.717, 1.165) is 26.2 Å². The Labute approximate surface area is 84.7 Å². The van der Waals surface area contributed by atoms with Crippen LogP contribution >= 0.6 is 0 Å². The third kappa shape index (κ3) is 3.61. The number of nitrogens with zero attached hydrogens (tertiary/aromatic N) is 2. The smallest absolute Gasteiger partial charge is 0.322 e. The summed E-state index contributed by atoms with van der Waals surface area (Å²) < 4.78 is 0. The van der Waals surface area contributed by atoms with E-state index in [2.05, 4.69) is 15.1 Å². The molecule has 0 spiro atoms. The lowest BCUT2D eigenvalue weighted by molar-refractivity contribution is -0.140. The molecule has 1 aliphatic rings. The van der Waals surface area contributed by atoms with E-state index in [-0.39, 0.29) is 0 Å². The number of hydrogen-bond acceptors (Lipinski definition) is 4. The van der Waals surface area contributed by atoms with Crippen molar-refractivity contribution in [3.63, 3.8) is 0 Å². The van der Waals surface area contributed by atoms with E-state index in [9.17, 15) is 4.79 Å². The number of hydrogen-bond donors (Lipinski definition) is 2. The molecule has 14 heavy (non-hydrogen) atoms. The average Bonchev–Trinajstić information content (AvgIpc) is 2.15. The van der Waals surface area contributed by atoms with Crippen LogP contribution in [-0.2, 0) is 4.79 Å². The number of rotatable bonds is 4. The van der Waals surface area contributed by atoms with Gasteiger partial charge in [0.15, 0.2) is 0 Å². The Morgan fingerprint density at radius 1 is 1.64 bits per heavy atom. The number of likely N-dealkylation sites (N-methyl/N-ethyl adjacent to an activating group) is 1. The number of aliphatic carboxylic acids is 1. The molecular weight excluding hydrogens is 182 g/mol. The van der Waals surface area contributed by atoms with Crippen LogP contribution in [0.1, 0.15) is 0 Å². The van der Waals surface area contributed by atoms with E-state index in [4.69, 9.17) is 5.11 Å². The molecule has 1 atom stereocenters. The van der Waals surface area contributed by atoms with Gasteiger partial charge in [0.2, 0.25) is 0 Å². The van der Waals surface area contributed by atoms with E-state index in [1.54, 1.807) is 0 Å². The van der Waals surface area contributed by atoms with Gasteiger partial charge in [-0.2, -0.15) is 0 Å². The summed E-state index contributed by atoms with van der Waals surface area (Å²) in [5.74, 6) is -0.750. The van der Waals surface area contributed by atoms with Gasteiger partial charge >= 0.3 is 5.97 Å². The van der Waals surface area contributed by atoms with E-state index in [1.165, 1.54) is 0 Å². The van der Waals surface area contributed by atoms with E-state index >= 15 is 0 Å². The van der Waals surface area contributed by atoms with Gasteiger partial charge in [0.25, 0.3) is 0 Å². The molecule has 0 bridgehead atoms. The summed E-state index contributed by atoms with van der Waals surface area (Å²) in [5, 5.41) is 11.8. The molecular formula is C9H19N3O2. The van der Waals surface area contributed by atoms with Crippen LogP contribution in [0, 0.1) is 0 Å². The second-order valence-corrected chi connectivity index (χ2v) is 3.95. The molecule has 1 fully saturated rings. The van der Waals surface area contributed by atoms with Crippen molar-refractivity contribution >= 4 is 5.97 Å². The van der Waals surface area contributed by atoms with Gasteiger partial charge in [0.1, 0.15) is 6.04 Å². The average molecular weight is 201 g/mol. The zero-order valence-electron chi connectivity index (χ0n) is 8.86. The summed E-state index contributed by atoms with van der Waals surface area (Å²) in [4.78, 5) is 15.0. The van der Waals surface area contributed by atoms with Crippen LogP contribution in [0.4, 0.5) is 0 Å². The Morgan fingerprint density at radius 2 is 2.36 bits per heavy atom. The lowest BCUT2D eigenvalue weighted by Crippen LogP contribution is -2.55. The lowest BCUT2D eigenvalue weighted by atomic mass is 10.2. The summed E-state index contributed by atoms with van der Waals surface area (Å²) in [6.07, 6.45) is 0. The van der Waals surface area contributed by atoms with Crippen molar-refractivity contribution in [3.05, 3.63) is 0 Å². The molecule has 0 aromatic carbocycles. The third-order valence-electron chi connectivity index (χ3n) is 2.42. The van der Waals surface area contributed by atoms with Gasteiger partial charge in [-0.25, -0.2) is 0 Å². The lowest BCUT2D eigenvalue weighted by Gasteiger charge is -2.32. The van der Waals surface area contributed by atoms with Gasteiger partial charge in [-0.3, -0.25) is 9.69 Å². The third-order valence-corrected chi connectivity index (χ3v) is 2.42. The number of carboxylic acids is 1. The van der Waals surface area contributed by atoms with Gasteiger partial charge in [0.05, 0.1) is 0 Å². The van der Waals surface area contributed by atoms with Gasteiger partial charge < -0.3 is 15.3 Å². The van der Waals surface area contributed by atoms with Crippen molar-refractivity contribution in [2.45, 2.75) is 6.04 Å². The fourth-order valence-electron chi connectivity index (χ4n) is 1.52. The predicted octanol–water partition coefficient (Wildman–Crippen LogP) is -1.09. The number of nitrogens with one attached hydrogen (secondary N) is 1. The molecule has 0 radical (unpaired) electrons. The second-order valence-electron chi connectivity index (χ2n) is 3.95. The van der Waals surface area contributed by atoms with Crippen LogP contribution in [0.3, 0.4) is 0 Å². The normalized spacial score (nSPS) is 24.1. The van der Waals surface area contributed by atoms with Crippen LogP contribution in [0.25, 0.3) is 0 Å². The zero-order chi connectivity index (χ0) is 10.6. The number of piperazine rings is 1. The second kappa shape index (κ2) is 5.29. The summed E-state index contributed by atoms with van der Waals surface area (Å²) in [6, 6.07) is -0.397. The van der Waals surface area contributed by atoms with Gasteiger partial charge in [-0.05, 0) is 14.1 Å². The van der Waals surface area contributed by atoms with Crippen molar-refractivity contribution < 1.29 is 9.90 Å². The van der Waals surface area contributed by atoms with Crippen LogP contribution in [0.2, 0.25) is 0 Å². The van der Waals surface area contributed by atoms with Crippen LogP contribution in [0.5, 0.6) is 0 Å². The Morgan fingerprint density at radius 3 is 2.93 bits per heavy atom. The van der Waals surface area contributed by atoms with Gasteiger partial charge in [-0.15, -0.1) is 0 Å². The highest BCUT2D eigenvalue weighted by molar-refractivity contribution is 5.73. The number of carboxylic acid groups (broad SMARTS) is 1. The summed E-state index contributed by atoms with van der Waals surface area (Å²) >= 11 is 0. The topological polar surface area (TPSA) is 55.8 Å². The maximum absolute atomic E-state index is 10.7. The van der Waals surface area contributed by atoms with E-state index in [1.807, 2.05) is 14.1 Å². The van der Waals surface area contributed by atoms with Crippen molar-refractivity contribution in [3.8, 4) is 0 Å². The molecule has 0 amide bonds. The molecule has 1 unspecified atom stereocenters. The van der Waals surface area contributed by atoms with Gasteiger partial charge in [-0.1, -0.05) is 0 Å².